The van der Waals surface area contributed by atoms with Gasteiger partial charge in [-0.2, -0.15) is 0 Å². The van der Waals surface area contributed by atoms with Gasteiger partial charge in [0.1, 0.15) is 5.54 Å². The Kier molecular flexibility index (Phi) is 3.87. The molecule has 1 aromatic rings. The minimum Gasteiger partial charge on any atom is -0.348 e. The van der Waals surface area contributed by atoms with Gasteiger partial charge < -0.3 is 5.73 Å². The van der Waals surface area contributed by atoms with Crippen molar-refractivity contribution in [2.24, 2.45) is 0 Å². The molecule has 1 aromatic carbocycles. The van der Waals surface area contributed by atoms with Crippen molar-refractivity contribution in [3.63, 3.8) is 0 Å². The Bertz CT molecular complexity index is 325. The predicted octanol–water partition coefficient (Wildman–Crippen LogP) is 2.58. The molecule has 0 spiro atoms. The van der Waals surface area contributed by atoms with E-state index in [1.165, 1.54) is 11.1 Å². The van der Waals surface area contributed by atoms with E-state index in [1.807, 2.05) is 12.2 Å². The minimum absolute atomic E-state index is 0.1000. The van der Waals surface area contributed by atoms with E-state index in [0.29, 0.717) is 0 Å². The molecule has 0 aliphatic carbocycles. The monoisotopic (exact) mass is 202 g/mol. The fourth-order valence-electron chi connectivity index (χ4n) is 1.78. The maximum atomic E-state index is 4.31. The zero-order valence-corrected chi connectivity index (χ0v) is 9.50. The van der Waals surface area contributed by atoms with Crippen LogP contribution in [0.25, 0.3) is 0 Å². The highest BCUT2D eigenvalue weighted by Crippen LogP contribution is 2.24. The summed E-state index contributed by atoms with van der Waals surface area (Å²) in [6, 6.07) is 8.55. The van der Waals surface area contributed by atoms with Crippen molar-refractivity contribution in [1.29, 1.82) is 0 Å². The lowest BCUT2D eigenvalue weighted by Crippen LogP contribution is -2.69. The van der Waals surface area contributed by atoms with Crippen molar-refractivity contribution in [2.45, 2.75) is 25.3 Å². The van der Waals surface area contributed by atoms with Crippen LogP contribution in [0, 0.1) is 6.92 Å². The normalized spacial score (nSPS) is 11.1. The van der Waals surface area contributed by atoms with Crippen LogP contribution in [0.4, 0.5) is 0 Å². The number of quaternary nitrogens is 1. The summed E-state index contributed by atoms with van der Waals surface area (Å²) in [7, 11) is 0. The molecule has 0 radical (unpaired) electrons. The van der Waals surface area contributed by atoms with Crippen molar-refractivity contribution in [1.82, 2.24) is 0 Å². The van der Waals surface area contributed by atoms with Crippen molar-refractivity contribution in [3.05, 3.63) is 60.7 Å². The Morgan fingerprint density at radius 2 is 1.60 bits per heavy atom. The summed E-state index contributed by atoms with van der Waals surface area (Å²) >= 11 is 0. The third-order valence-corrected chi connectivity index (χ3v) is 2.73. The molecule has 0 saturated heterocycles. The van der Waals surface area contributed by atoms with Crippen molar-refractivity contribution >= 4 is 0 Å². The highest BCUT2D eigenvalue weighted by Gasteiger charge is 2.28. The highest BCUT2D eigenvalue weighted by atomic mass is 14.7. The van der Waals surface area contributed by atoms with Gasteiger partial charge in [0.15, 0.2) is 0 Å². The van der Waals surface area contributed by atoms with E-state index in [1.54, 1.807) is 0 Å². The maximum Gasteiger partial charge on any atom is 0.127 e. The van der Waals surface area contributed by atoms with E-state index < -0.39 is 0 Å². The Morgan fingerprint density at radius 1 is 1.13 bits per heavy atom. The lowest BCUT2D eigenvalue weighted by atomic mass is 9.84. The maximum absolute atomic E-state index is 4.31. The lowest BCUT2D eigenvalue weighted by Gasteiger charge is -2.23. The van der Waals surface area contributed by atoms with E-state index in [-0.39, 0.29) is 5.54 Å². The van der Waals surface area contributed by atoms with Gasteiger partial charge >= 0.3 is 0 Å². The molecule has 1 heteroatoms. The van der Waals surface area contributed by atoms with Crippen LogP contribution in [0.3, 0.4) is 0 Å². The second-order valence-corrected chi connectivity index (χ2v) is 4.13. The zero-order chi connectivity index (χ0) is 11.3. The molecule has 1 nitrogen and oxygen atoms in total. The summed E-state index contributed by atoms with van der Waals surface area (Å²) in [6.07, 6.45) is 5.61. The standard InChI is InChI=1S/C14H19N/c1-4-10-14(15,11-5-2)13-8-6-12(3)7-9-13/h4-9H,1-2,10-11,15H2,3H3/p+1. The fraction of sp³-hybridized carbons (Fsp3) is 0.286. The van der Waals surface area contributed by atoms with Gasteiger partial charge in [0.25, 0.3) is 0 Å². The van der Waals surface area contributed by atoms with Crippen LogP contribution in [0.5, 0.6) is 0 Å². The number of benzene rings is 1. The molecule has 0 saturated carbocycles. The van der Waals surface area contributed by atoms with E-state index in [2.05, 4.69) is 50.1 Å². The second kappa shape index (κ2) is 4.94. The van der Waals surface area contributed by atoms with Crippen LogP contribution in [-0.2, 0) is 5.54 Å². The average molecular weight is 202 g/mol. The first-order valence-electron chi connectivity index (χ1n) is 5.27. The SMILES string of the molecule is C=CCC([NH3+])(CC=C)c1ccc(C)cc1. The third-order valence-electron chi connectivity index (χ3n) is 2.73. The number of rotatable bonds is 5. The van der Waals surface area contributed by atoms with Crippen molar-refractivity contribution < 1.29 is 5.73 Å². The number of hydrogen-bond acceptors (Lipinski definition) is 0. The smallest absolute Gasteiger partial charge is 0.127 e. The van der Waals surface area contributed by atoms with Gasteiger partial charge in [0, 0.05) is 18.4 Å². The van der Waals surface area contributed by atoms with E-state index in [4.69, 9.17) is 0 Å². The molecule has 0 bridgehead atoms. The van der Waals surface area contributed by atoms with Gasteiger partial charge in [-0.05, 0) is 6.92 Å². The summed E-state index contributed by atoms with van der Waals surface area (Å²) in [5.41, 5.74) is 6.74. The van der Waals surface area contributed by atoms with E-state index >= 15 is 0 Å². The molecule has 3 N–H and O–H groups in total. The number of aryl methyl sites for hydroxylation is 1. The second-order valence-electron chi connectivity index (χ2n) is 4.13. The molecule has 0 atom stereocenters. The van der Waals surface area contributed by atoms with Gasteiger partial charge in [-0.25, -0.2) is 0 Å². The first-order chi connectivity index (χ1) is 7.12. The molecule has 0 unspecified atom stereocenters. The molecule has 0 amide bonds. The highest BCUT2D eigenvalue weighted by molar-refractivity contribution is 5.27. The Balaban J connectivity index is 3.02. The lowest BCUT2D eigenvalue weighted by molar-refractivity contribution is -0.486. The Hall–Kier alpha value is -1.34. The summed E-state index contributed by atoms with van der Waals surface area (Å²) in [5.74, 6) is 0. The summed E-state index contributed by atoms with van der Waals surface area (Å²) in [4.78, 5) is 0. The third kappa shape index (κ3) is 2.80. The van der Waals surface area contributed by atoms with Crippen LogP contribution < -0.4 is 5.73 Å². The first kappa shape index (κ1) is 11.7. The van der Waals surface area contributed by atoms with Crippen molar-refractivity contribution in [3.8, 4) is 0 Å². The van der Waals surface area contributed by atoms with Crippen LogP contribution in [0.1, 0.15) is 24.0 Å². The average Bonchev–Trinajstić information content (AvgIpc) is 2.19. The quantitative estimate of drug-likeness (QED) is 0.711. The molecule has 0 aromatic heterocycles. The van der Waals surface area contributed by atoms with Crippen LogP contribution in [0.2, 0.25) is 0 Å². The Labute approximate surface area is 92.3 Å². The fourth-order valence-corrected chi connectivity index (χ4v) is 1.78. The first-order valence-corrected chi connectivity index (χ1v) is 5.27. The van der Waals surface area contributed by atoms with Gasteiger partial charge in [-0.1, -0.05) is 42.0 Å². The molecule has 0 aliphatic heterocycles. The summed E-state index contributed by atoms with van der Waals surface area (Å²) < 4.78 is 0. The molecule has 80 valence electrons. The molecule has 1 rings (SSSR count). The zero-order valence-electron chi connectivity index (χ0n) is 9.50. The van der Waals surface area contributed by atoms with Gasteiger partial charge in [0.2, 0.25) is 0 Å². The van der Waals surface area contributed by atoms with E-state index in [9.17, 15) is 0 Å². The Morgan fingerprint density at radius 3 is 2.00 bits per heavy atom. The molecule has 0 heterocycles. The largest absolute Gasteiger partial charge is 0.348 e. The molecule has 0 aliphatic rings. The molecular formula is C14H20N+. The minimum atomic E-state index is -0.1000. The van der Waals surface area contributed by atoms with E-state index in [0.717, 1.165) is 12.8 Å². The van der Waals surface area contributed by atoms with Crippen LogP contribution in [-0.4, -0.2) is 0 Å². The predicted molar refractivity (Wildman–Crippen MR) is 65.4 cm³/mol. The van der Waals surface area contributed by atoms with Crippen LogP contribution in [0.15, 0.2) is 49.6 Å². The molecular weight excluding hydrogens is 182 g/mol. The van der Waals surface area contributed by atoms with Gasteiger partial charge in [-0.3, -0.25) is 0 Å². The topological polar surface area (TPSA) is 27.6 Å². The van der Waals surface area contributed by atoms with Gasteiger partial charge in [-0.15, -0.1) is 13.2 Å². The van der Waals surface area contributed by atoms with Crippen LogP contribution >= 0.6 is 0 Å². The van der Waals surface area contributed by atoms with Crippen molar-refractivity contribution in [2.75, 3.05) is 0 Å². The summed E-state index contributed by atoms with van der Waals surface area (Å²) in [6.45, 7) is 9.69. The molecule has 0 fully saturated rings. The summed E-state index contributed by atoms with van der Waals surface area (Å²) in [5, 5.41) is 0. The molecule has 15 heavy (non-hydrogen) atoms. The van der Waals surface area contributed by atoms with Gasteiger partial charge in [0.05, 0.1) is 0 Å². The number of hydrogen-bond donors (Lipinski definition) is 1.